The molecule has 1 amide bonds. The second-order valence-corrected chi connectivity index (χ2v) is 3.74. The number of halogens is 1. The summed E-state index contributed by atoms with van der Waals surface area (Å²) in [6, 6.07) is 0.142. The van der Waals surface area contributed by atoms with Crippen LogP contribution in [0.3, 0.4) is 0 Å². The van der Waals surface area contributed by atoms with Crippen molar-refractivity contribution in [1.82, 2.24) is 5.32 Å². The van der Waals surface area contributed by atoms with Crippen molar-refractivity contribution in [3.05, 3.63) is 0 Å². The first-order valence-corrected chi connectivity index (χ1v) is 5.71. The number of carbonyl (C=O) groups excluding carboxylic acids is 1. The number of hydrogen-bond donors (Lipinski definition) is 1. The van der Waals surface area contributed by atoms with Crippen molar-refractivity contribution in [3.63, 3.8) is 0 Å². The molecule has 0 aromatic carbocycles. The van der Waals surface area contributed by atoms with Gasteiger partial charge in [0.25, 0.3) is 0 Å². The molecular weight excluding hydrogens is 234 g/mol. The van der Waals surface area contributed by atoms with Crippen LogP contribution < -0.4 is 5.32 Å². The van der Waals surface area contributed by atoms with Crippen LogP contribution in [0.2, 0.25) is 0 Å². The molecule has 0 rings (SSSR count). The third kappa shape index (κ3) is 7.02. The van der Waals surface area contributed by atoms with Crippen molar-refractivity contribution in [2.24, 2.45) is 0 Å². The highest BCUT2D eigenvalue weighted by atomic mass is 79.9. The van der Waals surface area contributed by atoms with Gasteiger partial charge < -0.3 is 10.1 Å². The third-order valence-electron chi connectivity index (χ3n) is 1.67. The van der Waals surface area contributed by atoms with Crippen LogP contribution in [0.4, 0.5) is 0 Å². The summed E-state index contributed by atoms with van der Waals surface area (Å²) in [5, 5.41) is 3.81. The van der Waals surface area contributed by atoms with E-state index in [0.717, 1.165) is 18.2 Å². The van der Waals surface area contributed by atoms with Gasteiger partial charge in [-0.25, -0.2) is 0 Å². The Bertz CT molecular complexity index is 136. The second-order valence-electron chi connectivity index (χ2n) is 2.95. The number of methoxy groups -OCH3 is 1. The average molecular weight is 252 g/mol. The molecule has 4 heteroatoms. The zero-order valence-corrected chi connectivity index (χ0v) is 9.89. The van der Waals surface area contributed by atoms with Gasteiger partial charge >= 0.3 is 0 Å². The molecule has 0 radical (unpaired) electrons. The molecule has 0 saturated carbocycles. The Morgan fingerprint density at radius 1 is 1.62 bits per heavy atom. The maximum atomic E-state index is 11.2. The van der Waals surface area contributed by atoms with Gasteiger partial charge in [0.05, 0.1) is 12.6 Å². The molecule has 0 saturated heterocycles. The fraction of sp³-hybridized carbons (Fsp3) is 0.889. The zero-order valence-electron chi connectivity index (χ0n) is 8.31. The van der Waals surface area contributed by atoms with Crippen LogP contribution >= 0.6 is 15.9 Å². The van der Waals surface area contributed by atoms with Crippen LogP contribution in [0.1, 0.15) is 26.2 Å². The molecule has 0 fully saturated rings. The number of amides is 1. The van der Waals surface area contributed by atoms with E-state index in [9.17, 15) is 4.79 Å². The molecule has 1 atom stereocenters. The van der Waals surface area contributed by atoms with Crippen LogP contribution in [0, 0.1) is 0 Å². The molecule has 0 aliphatic heterocycles. The highest BCUT2D eigenvalue weighted by molar-refractivity contribution is 9.09. The maximum absolute atomic E-state index is 11.2. The van der Waals surface area contributed by atoms with Gasteiger partial charge in [-0.1, -0.05) is 22.9 Å². The Balaban J connectivity index is 3.71. The van der Waals surface area contributed by atoms with Gasteiger partial charge in [0.1, 0.15) is 0 Å². The Morgan fingerprint density at radius 3 is 2.77 bits per heavy atom. The topological polar surface area (TPSA) is 38.3 Å². The largest absolute Gasteiger partial charge is 0.383 e. The van der Waals surface area contributed by atoms with Crippen molar-refractivity contribution in [3.8, 4) is 0 Å². The highest BCUT2D eigenvalue weighted by Gasteiger charge is 2.10. The quantitative estimate of drug-likeness (QED) is 0.700. The van der Waals surface area contributed by atoms with Crippen LogP contribution in [-0.2, 0) is 9.53 Å². The summed E-state index contributed by atoms with van der Waals surface area (Å²) in [6.07, 6.45) is 2.39. The average Bonchev–Trinajstić information content (AvgIpc) is 2.05. The summed E-state index contributed by atoms with van der Waals surface area (Å²) >= 11 is 3.34. The van der Waals surface area contributed by atoms with E-state index in [0.29, 0.717) is 13.0 Å². The molecule has 0 aromatic rings. The van der Waals surface area contributed by atoms with Crippen LogP contribution in [-0.4, -0.2) is 31.0 Å². The van der Waals surface area contributed by atoms with Crippen molar-refractivity contribution in [1.29, 1.82) is 0 Å². The molecule has 0 bridgehead atoms. The fourth-order valence-corrected chi connectivity index (χ4v) is 1.61. The monoisotopic (exact) mass is 251 g/mol. The lowest BCUT2D eigenvalue weighted by Gasteiger charge is -2.16. The molecule has 0 aliphatic carbocycles. The Morgan fingerprint density at radius 2 is 2.31 bits per heavy atom. The van der Waals surface area contributed by atoms with Gasteiger partial charge in [-0.15, -0.1) is 0 Å². The second kappa shape index (κ2) is 8.51. The minimum absolute atomic E-state index is 0.116. The van der Waals surface area contributed by atoms with E-state index in [4.69, 9.17) is 4.74 Å². The minimum Gasteiger partial charge on any atom is -0.383 e. The van der Waals surface area contributed by atoms with Gasteiger partial charge in [-0.2, -0.15) is 0 Å². The summed E-state index contributed by atoms with van der Waals surface area (Å²) in [5.74, 6) is 0.116. The summed E-state index contributed by atoms with van der Waals surface area (Å²) in [5.41, 5.74) is 0. The number of nitrogens with one attached hydrogen (secondary N) is 1. The summed E-state index contributed by atoms with van der Waals surface area (Å²) in [6.45, 7) is 2.58. The van der Waals surface area contributed by atoms with E-state index in [1.165, 1.54) is 0 Å². The summed E-state index contributed by atoms with van der Waals surface area (Å²) < 4.78 is 5.00. The van der Waals surface area contributed by atoms with E-state index in [2.05, 4.69) is 21.2 Å². The molecule has 1 N–H and O–H groups in total. The lowest BCUT2D eigenvalue weighted by Crippen LogP contribution is -2.38. The molecule has 13 heavy (non-hydrogen) atoms. The van der Waals surface area contributed by atoms with E-state index >= 15 is 0 Å². The fourth-order valence-electron chi connectivity index (χ4n) is 1.06. The number of rotatable bonds is 7. The van der Waals surface area contributed by atoms with Crippen molar-refractivity contribution in [2.75, 3.05) is 19.0 Å². The van der Waals surface area contributed by atoms with Crippen LogP contribution in [0.15, 0.2) is 0 Å². The minimum atomic E-state index is 0.116. The number of hydrogen-bond acceptors (Lipinski definition) is 2. The highest BCUT2D eigenvalue weighted by Crippen LogP contribution is 1.98. The first-order valence-electron chi connectivity index (χ1n) is 4.58. The first-order chi connectivity index (χ1) is 6.24. The number of carbonyl (C=O) groups is 1. The predicted molar refractivity (Wildman–Crippen MR) is 57.1 cm³/mol. The molecular formula is C9H18BrNO2. The summed E-state index contributed by atoms with van der Waals surface area (Å²) in [4.78, 5) is 11.2. The Hall–Kier alpha value is -0.0900. The lowest BCUT2D eigenvalue weighted by atomic mass is 10.2. The molecule has 3 nitrogen and oxygen atoms in total. The van der Waals surface area contributed by atoms with Gasteiger partial charge in [0.15, 0.2) is 0 Å². The van der Waals surface area contributed by atoms with Crippen molar-refractivity contribution < 1.29 is 9.53 Å². The molecule has 0 spiro atoms. The summed E-state index contributed by atoms with van der Waals surface area (Å²) in [7, 11) is 1.65. The SMILES string of the molecule is CCCC(=O)NC(CCBr)COC. The predicted octanol–water partition coefficient (Wildman–Crippen LogP) is 1.70. The van der Waals surface area contributed by atoms with Gasteiger partial charge in [-0.3, -0.25) is 4.79 Å². The van der Waals surface area contributed by atoms with E-state index in [-0.39, 0.29) is 11.9 Å². The zero-order chi connectivity index (χ0) is 10.1. The third-order valence-corrected chi connectivity index (χ3v) is 2.13. The van der Waals surface area contributed by atoms with Gasteiger partial charge in [-0.05, 0) is 12.8 Å². The van der Waals surface area contributed by atoms with E-state index in [1.807, 2.05) is 6.92 Å². The Labute approximate surface area is 88.4 Å². The molecule has 78 valence electrons. The molecule has 0 aromatic heterocycles. The van der Waals surface area contributed by atoms with Crippen LogP contribution in [0.25, 0.3) is 0 Å². The smallest absolute Gasteiger partial charge is 0.220 e. The van der Waals surface area contributed by atoms with Gasteiger partial charge in [0, 0.05) is 18.9 Å². The molecule has 0 heterocycles. The first kappa shape index (κ1) is 12.9. The van der Waals surface area contributed by atoms with Crippen molar-refractivity contribution in [2.45, 2.75) is 32.2 Å². The van der Waals surface area contributed by atoms with E-state index in [1.54, 1.807) is 7.11 Å². The Kier molecular flexibility index (Phi) is 8.45. The normalized spacial score (nSPS) is 12.5. The van der Waals surface area contributed by atoms with E-state index < -0.39 is 0 Å². The van der Waals surface area contributed by atoms with Gasteiger partial charge in [0.2, 0.25) is 5.91 Å². The molecule has 0 aliphatic rings. The standard InChI is InChI=1S/C9H18BrNO2/c1-3-4-9(12)11-8(5-6-10)7-13-2/h8H,3-7H2,1-2H3,(H,11,12). The lowest BCUT2D eigenvalue weighted by molar-refractivity contribution is -0.122. The maximum Gasteiger partial charge on any atom is 0.220 e. The van der Waals surface area contributed by atoms with Crippen molar-refractivity contribution >= 4 is 21.8 Å². The number of alkyl halides is 1. The van der Waals surface area contributed by atoms with Crippen LogP contribution in [0.5, 0.6) is 0 Å². The molecule has 1 unspecified atom stereocenters. The number of ether oxygens (including phenoxy) is 1.